The highest BCUT2D eigenvalue weighted by Crippen LogP contribution is 2.27. The van der Waals surface area contributed by atoms with Gasteiger partial charge in [0.15, 0.2) is 0 Å². The van der Waals surface area contributed by atoms with E-state index in [2.05, 4.69) is 23.9 Å². The van der Waals surface area contributed by atoms with Crippen LogP contribution in [0.5, 0.6) is 5.75 Å². The smallest absolute Gasteiger partial charge is 0.137 e. The van der Waals surface area contributed by atoms with E-state index in [-0.39, 0.29) is 0 Å². The summed E-state index contributed by atoms with van der Waals surface area (Å²) in [5.41, 5.74) is 0. The van der Waals surface area contributed by atoms with Gasteiger partial charge in [-0.05, 0) is 44.5 Å². The van der Waals surface area contributed by atoms with Gasteiger partial charge in [0.1, 0.15) is 12.4 Å². The van der Waals surface area contributed by atoms with Crippen molar-refractivity contribution in [3.05, 3.63) is 24.5 Å². The van der Waals surface area contributed by atoms with Gasteiger partial charge in [-0.2, -0.15) is 0 Å². The highest BCUT2D eigenvalue weighted by molar-refractivity contribution is 5.15. The first-order chi connectivity index (χ1) is 8.31. The van der Waals surface area contributed by atoms with Gasteiger partial charge in [-0.3, -0.25) is 9.88 Å². The molecule has 94 valence electrons. The lowest BCUT2D eigenvalue weighted by atomic mass is 9.96. The van der Waals surface area contributed by atoms with Crippen molar-refractivity contribution in [2.24, 2.45) is 5.92 Å². The average molecular weight is 234 g/mol. The Morgan fingerprint density at radius 2 is 2.41 bits per heavy atom. The number of pyridine rings is 1. The Bertz CT molecular complexity index is 326. The Kier molecular flexibility index (Phi) is 4.37. The van der Waals surface area contributed by atoms with Gasteiger partial charge < -0.3 is 4.74 Å². The SMILES string of the molecule is CCC[C@@H]1CCN(C)[C@@H]1COc1cccnc1. The van der Waals surface area contributed by atoms with E-state index in [4.69, 9.17) is 4.74 Å². The number of rotatable bonds is 5. The molecule has 0 saturated carbocycles. The molecule has 1 aliphatic rings. The molecule has 2 heterocycles. The Morgan fingerprint density at radius 3 is 3.12 bits per heavy atom. The van der Waals surface area contributed by atoms with Gasteiger partial charge >= 0.3 is 0 Å². The van der Waals surface area contributed by atoms with Gasteiger partial charge in [0.25, 0.3) is 0 Å². The third-order valence-corrected chi connectivity index (χ3v) is 3.68. The third kappa shape index (κ3) is 3.19. The molecule has 0 aliphatic carbocycles. The molecule has 1 fully saturated rings. The zero-order valence-electron chi connectivity index (χ0n) is 10.8. The second-order valence-corrected chi connectivity index (χ2v) is 4.89. The molecule has 2 rings (SSSR count). The molecule has 0 N–H and O–H groups in total. The standard InChI is InChI=1S/C14H22N2O/c1-3-5-12-7-9-16(2)14(12)11-17-13-6-4-8-15-10-13/h4,6,8,10,12,14H,3,5,7,9,11H2,1-2H3/t12-,14-/m1/s1. The minimum atomic E-state index is 0.565. The zero-order valence-corrected chi connectivity index (χ0v) is 10.8. The molecule has 0 amide bonds. The van der Waals surface area contributed by atoms with Gasteiger partial charge in [0.05, 0.1) is 6.20 Å². The molecular weight excluding hydrogens is 212 g/mol. The average Bonchev–Trinajstić information content (AvgIpc) is 2.70. The predicted molar refractivity (Wildman–Crippen MR) is 69.2 cm³/mol. The Hall–Kier alpha value is -1.09. The summed E-state index contributed by atoms with van der Waals surface area (Å²) in [4.78, 5) is 6.49. The molecule has 3 nitrogen and oxygen atoms in total. The van der Waals surface area contributed by atoms with Crippen LogP contribution < -0.4 is 4.74 Å². The monoisotopic (exact) mass is 234 g/mol. The maximum atomic E-state index is 5.83. The Morgan fingerprint density at radius 1 is 1.53 bits per heavy atom. The molecule has 17 heavy (non-hydrogen) atoms. The number of aromatic nitrogens is 1. The van der Waals surface area contributed by atoms with Crippen LogP contribution in [0.3, 0.4) is 0 Å². The first kappa shape index (κ1) is 12.4. The Labute approximate surface area is 104 Å². The van der Waals surface area contributed by atoms with E-state index in [1.54, 1.807) is 12.4 Å². The summed E-state index contributed by atoms with van der Waals surface area (Å²) in [6.45, 7) is 4.25. The van der Waals surface area contributed by atoms with E-state index in [0.717, 1.165) is 18.3 Å². The molecule has 0 radical (unpaired) electrons. The number of nitrogens with zero attached hydrogens (tertiary/aromatic N) is 2. The molecule has 0 spiro atoms. The number of likely N-dealkylation sites (tertiary alicyclic amines) is 1. The molecule has 1 aromatic heterocycles. The van der Waals surface area contributed by atoms with Crippen LogP contribution in [0.15, 0.2) is 24.5 Å². The van der Waals surface area contributed by atoms with Crippen LogP contribution in [0.4, 0.5) is 0 Å². The van der Waals surface area contributed by atoms with Crippen molar-refractivity contribution in [1.82, 2.24) is 9.88 Å². The fourth-order valence-electron chi connectivity index (χ4n) is 2.67. The van der Waals surface area contributed by atoms with Crippen molar-refractivity contribution in [2.75, 3.05) is 20.2 Å². The van der Waals surface area contributed by atoms with E-state index in [0.29, 0.717) is 6.04 Å². The van der Waals surface area contributed by atoms with Crippen LogP contribution >= 0.6 is 0 Å². The fraction of sp³-hybridized carbons (Fsp3) is 0.643. The second kappa shape index (κ2) is 6.01. The number of hydrogen-bond donors (Lipinski definition) is 0. The predicted octanol–water partition coefficient (Wildman–Crippen LogP) is 2.58. The highest BCUT2D eigenvalue weighted by Gasteiger charge is 2.31. The molecule has 2 atom stereocenters. The molecule has 1 aromatic rings. The van der Waals surface area contributed by atoms with Crippen molar-refractivity contribution < 1.29 is 4.74 Å². The minimum absolute atomic E-state index is 0.565. The summed E-state index contributed by atoms with van der Waals surface area (Å²) >= 11 is 0. The minimum Gasteiger partial charge on any atom is -0.490 e. The normalized spacial score (nSPS) is 25.1. The maximum absolute atomic E-state index is 5.83. The van der Waals surface area contributed by atoms with Crippen molar-refractivity contribution in [3.8, 4) is 5.75 Å². The van der Waals surface area contributed by atoms with E-state index in [1.807, 2.05) is 12.1 Å². The molecule has 0 bridgehead atoms. The lowest BCUT2D eigenvalue weighted by Crippen LogP contribution is -2.35. The van der Waals surface area contributed by atoms with Crippen LogP contribution in [0.25, 0.3) is 0 Å². The molecular formula is C14H22N2O. The van der Waals surface area contributed by atoms with Crippen LogP contribution in [0.2, 0.25) is 0 Å². The van der Waals surface area contributed by atoms with Crippen LogP contribution in [0, 0.1) is 5.92 Å². The van der Waals surface area contributed by atoms with E-state index >= 15 is 0 Å². The first-order valence-electron chi connectivity index (χ1n) is 6.54. The largest absolute Gasteiger partial charge is 0.490 e. The quantitative estimate of drug-likeness (QED) is 0.783. The molecule has 1 aliphatic heterocycles. The van der Waals surface area contributed by atoms with Gasteiger partial charge in [-0.25, -0.2) is 0 Å². The van der Waals surface area contributed by atoms with Crippen molar-refractivity contribution in [2.45, 2.75) is 32.2 Å². The van der Waals surface area contributed by atoms with E-state index < -0.39 is 0 Å². The van der Waals surface area contributed by atoms with Crippen molar-refractivity contribution in [3.63, 3.8) is 0 Å². The number of likely N-dealkylation sites (N-methyl/N-ethyl adjacent to an activating group) is 1. The molecule has 0 unspecified atom stereocenters. The summed E-state index contributed by atoms with van der Waals surface area (Å²) < 4.78 is 5.83. The Balaban J connectivity index is 1.88. The summed E-state index contributed by atoms with van der Waals surface area (Å²) in [7, 11) is 2.20. The molecule has 3 heteroatoms. The van der Waals surface area contributed by atoms with E-state index in [9.17, 15) is 0 Å². The van der Waals surface area contributed by atoms with E-state index in [1.165, 1.54) is 25.8 Å². The number of hydrogen-bond acceptors (Lipinski definition) is 3. The maximum Gasteiger partial charge on any atom is 0.137 e. The van der Waals surface area contributed by atoms with Gasteiger partial charge in [-0.15, -0.1) is 0 Å². The summed E-state index contributed by atoms with van der Waals surface area (Å²) in [5, 5.41) is 0. The zero-order chi connectivity index (χ0) is 12.1. The lowest BCUT2D eigenvalue weighted by molar-refractivity contribution is 0.166. The second-order valence-electron chi connectivity index (χ2n) is 4.89. The third-order valence-electron chi connectivity index (χ3n) is 3.68. The van der Waals surface area contributed by atoms with Gasteiger partial charge in [0.2, 0.25) is 0 Å². The van der Waals surface area contributed by atoms with Gasteiger partial charge in [0, 0.05) is 12.2 Å². The number of ether oxygens (including phenoxy) is 1. The lowest BCUT2D eigenvalue weighted by Gasteiger charge is -2.24. The summed E-state index contributed by atoms with van der Waals surface area (Å²) in [6, 6.07) is 4.45. The highest BCUT2D eigenvalue weighted by atomic mass is 16.5. The molecule has 1 saturated heterocycles. The van der Waals surface area contributed by atoms with Gasteiger partial charge in [-0.1, -0.05) is 13.3 Å². The molecule has 0 aromatic carbocycles. The summed E-state index contributed by atoms with van der Waals surface area (Å²) in [5.74, 6) is 1.67. The van der Waals surface area contributed by atoms with Crippen LogP contribution in [-0.2, 0) is 0 Å². The first-order valence-corrected chi connectivity index (χ1v) is 6.54. The fourth-order valence-corrected chi connectivity index (χ4v) is 2.67. The van der Waals surface area contributed by atoms with Crippen molar-refractivity contribution in [1.29, 1.82) is 0 Å². The van der Waals surface area contributed by atoms with Crippen LogP contribution in [0.1, 0.15) is 26.2 Å². The van der Waals surface area contributed by atoms with Crippen LogP contribution in [-0.4, -0.2) is 36.1 Å². The van der Waals surface area contributed by atoms with Crippen molar-refractivity contribution >= 4 is 0 Å². The topological polar surface area (TPSA) is 25.4 Å². The summed E-state index contributed by atoms with van der Waals surface area (Å²) in [6.07, 6.45) is 7.44.